The fourth-order valence-corrected chi connectivity index (χ4v) is 3.40. The summed E-state index contributed by atoms with van der Waals surface area (Å²) in [6.07, 6.45) is 6.74. The molecule has 18 heavy (non-hydrogen) atoms. The van der Waals surface area contributed by atoms with E-state index in [4.69, 9.17) is 10.5 Å². The Balaban J connectivity index is 1.95. The first-order valence-electron chi connectivity index (χ1n) is 6.82. The van der Waals surface area contributed by atoms with Gasteiger partial charge in [-0.25, -0.2) is 0 Å². The zero-order valence-electron chi connectivity index (χ0n) is 11.0. The molecule has 1 aliphatic rings. The molecule has 100 valence electrons. The van der Waals surface area contributed by atoms with Crippen molar-refractivity contribution in [2.75, 3.05) is 6.61 Å². The fourth-order valence-electron chi connectivity index (χ4n) is 2.78. The molecule has 1 aromatic carbocycles. The molecule has 1 saturated carbocycles. The summed E-state index contributed by atoms with van der Waals surface area (Å²) >= 11 is 3.50. The van der Waals surface area contributed by atoms with Gasteiger partial charge >= 0.3 is 0 Å². The first kappa shape index (κ1) is 13.9. The molecule has 1 aliphatic carbocycles. The first-order chi connectivity index (χ1) is 8.70. The van der Waals surface area contributed by atoms with E-state index in [1.165, 1.54) is 32.1 Å². The average molecular weight is 312 g/mol. The van der Waals surface area contributed by atoms with Crippen molar-refractivity contribution in [3.8, 4) is 5.75 Å². The van der Waals surface area contributed by atoms with Crippen molar-refractivity contribution in [1.82, 2.24) is 0 Å². The summed E-state index contributed by atoms with van der Waals surface area (Å²) in [5, 5.41) is 0. The number of hydrogen-bond acceptors (Lipinski definition) is 2. The van der Waals surface area contributed by atoms with E-state index in [2.05, 4.69) is 35.0 Å². The van der Waals surface area contributed by atoms with Crippen LogP contribution in [0.3, 0.4) is 0 Å². The number of nitrogens with two attached hydrogens (primary N) is 1. The number of halogens is 1. The molecular formula is C15H22BrNO. The van der Waals surface area contributed by atoms with Crippen molar-refractivity contribution < 1.29 is 4.74 Å². The molecule has 0 unspecified atom stereocenters. The van der Waals surface area contributed by atoms with Gasteiger partial charge in [0.2, 0.25) is 0 Å². The number of ether oxygens (including phenoxy) is 1. The van der Waals surface area contributed by atoms with E-state index in [-0.39, 0.29) is 0 Å². The van der Waals surface area contributed by atoms with Crippen LogP contribution in [0.2, 0.25) is 0 Å². The van der Waals surface area contributed by atoms with Gasteiger partial charge in [-0.2, -0.15) is 0 Å². The molecule has 0 radical (unpaired) electrons. The third-order valence-corrected chi connectivity index (χ3v) is 4.24. The van der Waals surface area contributed by atoms with Gasteiger partial charge in [-0.15, -0.1) is 0 Å². The van der Waals surface area contributed by atoms with Crippen LogP contribution >= 0.6 is 15.9 Å². The standard InChI is InChI=1S/C15H22BrNO/c1-11-8-14(16)9-13(10-17)15(11)18-7-6-12-4-2-3-5-12/h8-9,12H,2-7,10,17H2,1H3. The summed E-state index contributed by atoms with van der Waals surface area (Å²) in [6.45, 7) is 3.42. The molecule has 0 spiro atoms. The van der Waals surface area contributed by atoms with Crippen LogP contribution in [0, 0.1) is 12.8 Å². The Kier molecular flexibility index (Phi) is 5.07. The topological polar surface area (TPSA) is 35.2 Å². The van der Waals surface area contributed by atoms with Crippen molar-refractivity contribution in [2.45, 2.75) is 45.6 Å². The normalized spacial score (nSPS) is 16.2. The van der Waals surface area contributed by atoms with Gasteiger partial charge in [0.25, 0.3) is 0 Å². The second-order valence-corrected chi connectivity index (χ2v) is 6.12. The lowest BCUT2D eigenvalue weighted by atomic mass is 10.1. The van der Waals surface area contributed by atoms with E-state index in [0.29, 0.717) is 6.54 Å². The predicted octanol–water partition coefficient (Wildman–Crippen LogP) is 4.18. The van der Waals surface area contributed by atoms with E-state index >= 15 is 0 Å². The van der Waals surface area contributed by atoms with Gasteiger partial charge in [-0.05, 0) is 37.0 Å². The van der Waals surface area contributed by atoms with Gasteiger partial charge in [0, 0.05) is 16.6 Å². The zero-order valence-corrected chi connectivity index (χ0v) is 12.6. The second-order valence-electron chi connectivity index (χ2n) is 5.20. The lowest BCUT2D eigenvalue weighted by Crippen LogP contribution is -2.08. The Morgan fingerprint density at radius 2 is 2.06 bits per heavy atom. The highest BCUT2D eigenvalue weighted by Gasteiger charge is 2.15. The van der Waals surface area contributed by atoms with E-state index in [9.17, 15) is 0 Å². The highest BCUT2D eigenvalue weighted by molar-refractivity contribution is 9.10. The van der Waals surface area contributed by atoms with E-state index in [1.54, 1.807) is 0 Å². The second kappa shape index (κ2) is 6.58. The average Bonchev–Trinajstić information content (AvgIpc) is 2.84. The lowest BCUT2D eigenvalue weighted by molar-refractivity contribution is 0.275. The third kappa shape index (κ3) is 3.48. The molecule has 0 heterocycles. The molecule has 1 aromatic rings. The summed E-state index contributed by atoms with van der Waals surface area (Å²) in [5.41, 5.74) is 8.04. The van der Waals surface area contributed by atoms with Crippen LogP contribution in [0.25, 0.3) is 0 Å². The van der Waals surface area contributed by atoms with Crippen LogP contribution in [-0.4, -0.2) is 6.61 Å². The molecule has 0 aliphatic heterocycles. The van der Waals surface area contributed by atoms with Crippen molar-refractivity contribution in [2.24, 2.45) is 11.7 Å². The van der Waals surface area contributed by atoms with Gasteiger partial charge < -0.3 is 10.5 Å². The van der Waals surface area contributed by atoms with Crippen LogP contribution in [0.1, 0.15) is 43.2 Å². The van der Waals surface area contributed by atoms with Crippen LogP contribution in [0.5, 0.6) is 5.75 Å². The van der Waals surface area contributed by atoms with Crippen LogP contribution in [0.4, 0.5) is 0 Å². The Morgan fingerprint density at radius 1 is 1.33 bits per heavy atom. The minimum absolute atomic E-state index is 0.527. The number of benzene rings is 1. The molecule has 0 saturated heterocycles. The van der Waals surface area contributed by atoms with Crippen molar-refractivity contribution in [3.05, 3.63) is 27.7 Å². The van der Waals surface area contributed by atoms with Gasteiger partial charge in [-0.1, -0.05) is 41.6 Å². The molecule has 1 fully saturated rings. The summed E-state index contributed by atoms with van der Waals surface area (Å²) < 4.78 is 7.05. The van der Waals surface area contributed by atoms with Gasteiger partial charge in [0.1, 0.15) is 5.75 Å². The van der Waals surface area contributed by atoms with Crippen molar-refractivity contribution in [3.63, 3.8) is 0 Å². The van der Waals surface area contributed by atoms with Crippen molar-refractivity contribution in [1.29, 1.82) is 0 Å². The highest BCUT2D eigenvalue weighted by atomic mass is 79.9. The Morgan fingerprint density at radius 3 is 2.72 bits per heavy atom. The molecule has 0 amide bonds. The molecule has 2 rings (SSSR count). The van der Waals surface area contributed by atoms with Gasteiger partial charge in [0.15, 0.2) is 0 Å². The molecule has 0 aromatic heterocycles. The van der Waals surface area contributed by atoms with E-state index < -0.39 is 0 Å². The minimum atomic E-state index is 0.527. The van der Waals surface area contributed by atoms with Gasteiger partial charge in [0.05, 0.1) is 6.61 Å². The zero-order chi connectivity index (χ0) is 13.0. The monoisotopic (exact) mass is 311 g/mol. The van der Waals surface area contributed by atoms with Crippen LogP contribution in [-0.2, 0) is 6.54 Å². The molecule has 3 heteroatoms. The maximum atomic E-state index is 5.97. The van der Waals surface area contributed by atoms with Crippen molar-refractivity contribution >= 4 is 15.9 Å². The predicted molar refractivity (Wildman–Crippen MR) is 78.8 cm³/mol. The van der Waals surface area contributed by atoms with Crippen LogP contribution in [0.15, 0.2) is 16.6 Å². The molecule has 2 nitrogen and oxygen atoms in total. The fraction of sp³-hybridized carbons (Fsp3) is 0.600. The minimum Gasteiger partial charge on any atom is -0.493 e. The largest absolute Gasteiger partial charge is 0.493 e. The van der Waals surface area contributed by atoms with E-state index in [1.807, 2.05) is 0 Å². The smallest absolute Gasteiger partial charge is 0.126 e. The number of aryl methyl sites for hydroxylation is 1. The first-order valence-corrected chi connectivity index (χ1v) is 7.62. The number of rotatable bonds is 5. The molecule has 0 bridgehead atoms. The summed E-state index contributed by atoms with van der Waals surface area (Å²) in [7, 11) is 0. The summed E-state index contributed by atoms with van der Waals surface area (Å²) in [4.78, 5) is 0. The molecular weight excluding hydrogens is 290 g/mol. The van der Waals surface area contributed by atoms with Gasteiger partial charge in [-0.3, -0.25) is 0 Å². The SMILES string of the molecule is Cc1cc(Br)cc(CN)c1OCCC1CCCC1. The highest BCUT2D eigenvalue weighted by Crippen LogP contribution is 2.30. The maximum absolute atomic E-state index is 5.97. The molecule has 0 atom stereocenters. The van der Waals surface area contributed by atoms with Crippen LogP contribution < -0.4 is 10.5 Å². The Labute approximate surface area is 118 Å². The summed E-state index contributed by atoms with van der Waals surface area (Å²) in [6, 6.07) is 4.14. The maximum Gasteiger partial charge on any atom is 0.126 e. The number of hydrogen-bond donors (Lipinski definition) is 1. The lowest BCUT2D eigenvalue weighted by Gasteiger charge is -2.15. The Hall–Kier alpha value is -0.540. The third-order valence-electron chi connectivity index (χ3n) is 3.78. The summed E-state index contributed by atoms with van der Waals surface area (Å²) in [5.74, 6) is 1.86. The van der Waals surface area contributed by atoms with E-state index in [0.717, 1.165) is 33.9 Å². The quantitative estimate of drug-likeness (QED) is 0.885. The molecule has 2 N–H and O–H groups in total. The Bertz CT molecular complexity index is 400.